The summed E-state index contributed by atoms with van der Waals surface area (Å²) in [6.07, 6.45) is 2.34. The zero-order valence-electron chi connectivity index (χ0n) is 8.93. The molecule has 0 spiro atoms. The Hall–Kier alpha value is 0.470. The van der Waals surface area contributed by atoms with Crippen molar-refractivity contribution in [2.24, 2.45) is 5.92 Å². The topological polar surface area (TPSA) is 0 Å². The summed E-state index contributed by atoms with van der Waals surface area (Å²) in [6.45, 7) is 4.39. The Balaban J connectivity index is 2.89. The van der Waals surface area contributed by atoms with Gasteiger partial charge < -0.3 is 0 Å². The first-order valence-corrected chi connectivity index (χ1v) is 7.17. The molecule has 3 heteroatoms. The van der Waals surface area contributed by atoms with Gasteiger partial charge in [-0.25, -0.2) is 0 Å². The molecule has 84 valence electrons. The monoisotopic (exact) mass is 352 g/mol. The van der Waals surface area contributed by atoms with E-state index in [0.717, 1.165) is 15.4 Å². The SMILES string of the molecule is CCCC(C)C(Cl)c1cc(Br)ccc1Br. The number of benzene rings is 1. The van der Waals surface area contributed by atoms with Gasteiger partial charge >= 0.3 is 0 Å². The van der Waals surface area contributed by atoms with Crippen LogP contribution in [0.3, 0.4) is 0 Å². The zero-order chi connectivity index (χ0) is 11.4. The molecule has 0 amide bonds. The Labute approximate surface area is 114 Å². The van der Waals surface area contributed by atoms with Gasteiger partial charge in [-0.3, -0.25) is 0 Å². The second-order valence-corrected chi connectivity index (χ2v) is 6.07. The fraction of sp³-hybridized carbons (Fsp3) is 0.500. The molecule has 0 aromatic heterocycles. The molecule has 0 fully saturated rings. The van der Waals surface area contributed by atoms with Crippen LogP contribution < -0.4 is 0 Å². The van der Waals surface area contributed by atoms with Gasteiger partial charge in [-0.05, 0) is 36.1 Å². The van der Waals surface area contributed by atoms with Gasteiger partial charge in [0.25, 0.3) is 0 Å². The second-order valence-electron chi connectivity index (χ2n) is 3.83. The standard InChI is InChI=1S/C12H15Br2Cl/c1-3-4-8(2)12(15)10-7-9(13)5-6-11(10)14/h5-8,12H,3-4H2,1-2H3. The van der Waals surface area contributed by atoms with Gasteiger partial charge in [-0.2, -0.15) is 0 Å². The average molecular weight is 355 g/mol. The maximum atomic E-state index is 6.46. The fourth-order valence-electron chi connectivity index (χ4n) is 1.63. The normalized spacial score (nSPS) is 15.0. The summed E-state index contributed by atoms with van der Waals surface area (Å²) >= 11 is 13.5. The summed E-state index contributed by atoms with van der Waals surface area (Å²) < 4.78 is 2.17. The maximum absolute atomic E-state index is 6.46. The molecule has 0 aliphatic carbocycles. The Morgan fingerprint density at radius 1 is 1.33 bits per heavy atom. The van der Waals surface area contributed by atoms with Crippen LogP contribution in [-0.4, -0.2) is 0 Å². The van der Waals surface area contributed by atoms with Crippen LogP contribution in [0.25, 0.3) is 0 Å². The van der Waals surface area contributed by atoms with Crippen molar-refractivity contribution in [1.82, 2.24) is 0 Å². The van der Waals surface area contributed by atoms with Crippen molar-refractivity contribution < 1.29 is 0 Å². The molecular formula is C12H15Br2Cl. The van der Waals surface area contributed by atoms with Crippen LogP contribution in [0.15, 0.2) is 27.1 Å². The molecule has 0 bridgehead atoms. The third-order valence-corrected chi connectivity index (χ3v) is 4.38. The predicted molar refractivity (Wildman–Crippen MR) is 74.5 cm³/mol. The van der Waals surface area contributed by atoms with Crippen molar-refractivity contribution in [2.45, 2.75) is 32.1 Å². The lowest BCUT2D eigenvalue weighted by Crippen LogP contribution is -2.04. The van der Waals surface area contributed by atoms with E-state index in [2.05, 4.69) is 51.8 Å². The van der Waals surface area contributed by atoms with E-state index in [1.54, 1.807) is 0 Å². The molecule has 0 N–H and O–H groups in total. The summed E-state index contributed by atoms with van der Waals surface area (Å²) in [5.74, 6) is 0.502. The molecule has 0 saturated heterocycles. The van der Waals surface area contributed by atoms with Crippen molar-refractivity contribution in [2.75, 3.05) is 0 Å². The lowest BCUT2D eigenvalue weighted by Gasteiger charge is -2.19. The fourth-order valence-corrected chi connectivity index (χ4v) is 2.94. The van der Waals surface area contributed by atoms with Crippen LogP contribution in [0, 0.1) is 5.92 Å². The third-order valence-electron chi connectivity index (χ3n) is 2.50. The van der Waals surface area contributed by atoms with Crippen LogP contribution in [-0.2, 0) is 0 Å². The maximum Gasteiger partial charge on any atom is 0.0622 e. The lowest BCUT2D eigenvalue weighted by atomic mass is 9.96. The largest absolute Gasteiger partial charge is 0.117 e. The van der Waals surface area contributed by atoms with Gasteiger partial charge in [0.15, 0.2) is 0 Å². The molecule has 0 nitrogen and oxygen atoms in total. The number of halogens is 3. The van der Waals surface area contributed by atoms with E-state index in [9.17, 15) is 0 Å². The highest BCUT2D eigenvalue weighted by atomic mass is 79.9. The van der Waals surface area contributed by atoms with E-state index < -0.39 is 0 Å². The van der Waals surface area contributed by atoms with Crippen LogP contribution >= 0.6 is 43.5 Å². The highest BCUT2D eigenvalue weighted by molar-refractivity contribution is 9.11. The van der Waals surface area contributed by atoms with E-state index in [0.29, 0.717) is 5.92 Å². The molecular weight excluding hydrogens is 339 g/mol. The minimum atomic E-state index is 0.0804. The highest BCUT2D eigenvalue weighted by Crippen LogP contribution is 2.37. The molecule has 15 heavy (non-hydrogen) atoms. The first kappa shape index (κ1) is 13.5. The summed E-state index contributed by atoms with van der Waals surface area (Å²) in [5.41, 5.74) is 1.17. The van der Waals surface area contributed by atoms with E-state index in [1.807, 2.05) is 12.1 Å². The minimum absolute atomic E-state index is 0.0804. The average Bonchev–Trinajstić information content (AvgIpc) is 2.21. The van der Waals surface area contributed by atoms with E-state index >= 15 is 0 Å². The summed E-state index contributed by atoms with van der Waals surface area (Å²) in [7, 11) is 0. The molecule has 0 aliphatic heterocycles. The van der Waals surface area contributed by atoms with Crippen LogP contribution in [0.1, 0.15) is 37.6 Å². The van der Waals surface area contributed by atoms with Crippen molar-refractivity contribution in [3.05, 3.63) is 32.7 Å². The van der Waals surface area contributed by atoms with Gasteiger partial charge in [0.1, 0.15) is 0 Å². The highest BCUT2D eigenvalue weighted by Gasteiger charge is 2.18. The van der Waals surface area contributed by atoms with Crippen molar-refractivity contribution >= 4 is 43.5 Å². The Morgan fingerprint density at radius 3 is 2.60 bits per heavy atom. The molecule has 0 saturated carbocycles. The number of alkyl halides is 1. The lowest BCUT2D eigenvalue weighted by molar-refractivity contribution is 0.506. The number of hydrogen-bond acceptors (Lipinski definition) is 0. The quantitative estimate of drug-likeness (QED) is 0.588. The minimum Gasteiger partial charge on any atom is -0.117 e. The van der Waals surface area contributed by atoms with Crippen molar-refractivity contribution in [1.29, 1.82) is 0 Å². The molecule has 0 heterocycles. The first-order chi connectivity index (χ1) is 7.06. The number of rotatable bonds is 4. The molecule has 2 atom stereocenters. The molecule has 0 aliphatic rings. The Bertz CT molecular complexity index is 325. The summed E-state index contributed by atoms with van der Waals surface area (Å²) in [6, 6.07) is 6.14. The van der Waals surface area contributed by atoms with E-state index in [1.165, 1.54) is 12.0 Å². The third kappa shape index (κ3) is 3.76. The van der Waals surface area contributed by atoms with Gasteiger partial charge in [-0.15, -0.1) is 11.6 Å². The van der Waals surface area contributed by atoms with Gasteiger partial charge in [-0.1, -0.05) is 52.1 Å². The van der Waals surface area contributed by atoms with Crippen LogP contribution in [0.2, 0.25) is 0 Å². The molecule has 1 rings (SSSR count). The zero-order valence-corrected chi connectivity index (χ0v) is 12.9. The van der Waals surface area contributed by atoms with Crippen molar-refractivity contribution in [3.63, 3.8) is 0 Å². The van der Waals surface area contributed by atoms with E-state index in [-0.39, 0.29) is 5.38 Å². The number of hydrogen-bond donors (Lipinski definition) is 0. The Morgan fingerprint density at radius 2 is 2.00 bits per heavy atom. The predicted octanol–water partition coefficient (Wildman–Crippen LogP) is 5.93. The molecule has 1 aromatic carbocycles. The van der Waals surface area contributed by atoms with Gasteiger partial charge in [0.2, 0.25) is 0 Å². The first-order valence-electron chi connectivity index (χ1n) is 5.15. The van der Waals surface area contributed by atoms with Crippen molar-refractivity contribution in [3.8, 4) is 0 Å². The van der Waals surface area contributed by atoms with Gasteiger partial charge in [0.05, 0.1) is 5.38 Å². The van der Waals surface area contributed by atoms with Gasteiger partial charge in [0, 0.05) is 8.95 Å². The Kier molecular flexibility index (Phi) is 5.65. The van der Waals surface area contributed by atoms with Crippen LogP contribution in [0.4, 0.5) is 0 Å². The van der Waals surface area contributed by atoms with Crippen LogP contribution in [0.5, 0.6) is 0 Å². The summed E-state index contributed by atoms with van der Waals surface area (Å²) in [5, 5.41) is 0.0804. The molecule has 1 aromatic rings. The smallest absolute Gasteiger partial charge is 0.0622 e. The second kappa shape index (κ2) is 6.27. The molecule has 2 unspecified atom stereocenters. The summed E-state index contributed by atoms with van der Waals surface area (Å²) in [4.78, 5) is 0. The van der Waals surface area contributed by atoms with E-state index in [4.69, 9.17) is 11.6 Å². The molecule has 0 radical (unpaired) electrons.